The van der Waals surface area contributed by atoms with Gasteiger partial charge in [0.15, 0.2) is 0 Å². The number of nitro groups is 1. The van der Waals surface area contributed by atoms with Crippen molar-refractivity contribution in [2.75, 3.05) is 12.3 Å². The van der Waals surface area contributed by atoms with E-state index in [1.165, 1.54) is 11.6 Å². The minimum absolute atomic E-state index is 0.0150. The van der Waals surface area contributed by atoms with Crippen molar-refractivity contribution in [3.05, 3.63) is 74.8 Å². The zero-order valence-corrected chi connectivity index (χ0v) is 16.9. The first kappa shape index (κ1) is 19.4. The van der Waals surface area contributed by atoms with E-state index < -0.39 is 4.92 Å². The molecular weight excluding hydrogens is 360 g/mol. The highest BCUT2D eigenvalue weighted by atomic mass is 32.2. The Bertz CT molecular complexity index is 872. The Morgan fingerprint density at radius 1 is 1.19 bits per heavy atom. The third-order valence-electron chi connectivity index (χ3n) is 4.87. The maximum Gasteiger partial charge on any atom is 0.273 e. The van der Waals surface area contributed by atoms with E-state index >= 15 is 0 Å². The summed E-state index contributed by atoms with van der Waals surface area (Å²) in [7, 11) is 0. The van der Waals surface area contributed by atoms with E-state index in [0.717, 1.165) is 11.3 Å². The lowest BCUT2D eigenvalue weighted by Gasteiger charge is -2.25. The van der Waals surface area contributed by atoms with Gasteiger partial charge in [-0.25, -0.2) is 0 Å². The average molecular weight is 385 g/mol. The Kier molecular flexibility index (Phi) is 5.29. The van der Waals surface area contributed by atoms with Crippen LogP contribution in [0.5, 0.6) is 0 Å². The molecule has 3 rings (SSSR count). The van der Waals surface area contributed by atoms with Gasteiger partial charge in [0.1, 0.15) is 5.37 Å². The molecule has 0 spiro atoms. The summed E-state index contributed by atoms with van der Waals surface area (Å²) >= 11 is 1.72. The van der Waals surface area contributed by atoms with Gasteiger partial charge in [-0.15, -0.1) is 11.8 Å². The summed E-state index contributed by atoms with van der Waals surface area (Å²) in [5, 5.41) is 11.1. The van der Waals surface area contributed by atoms with E-state index in [-0.39, 0.29) is 22.4 Å². The fourth-order valence-corrected chi connectivity index (χ4v) is 4.46. The predicted molar refractivity (Wildman–Crippen MR) is 109 cm³/mol. The third-order valence-corrected chi connectivity index (χ3v) is 6.13. The summed E-state index contributed by atoms with van der Waals surface area (Å²) in [6.07, 6.45) is 0. The highest BCUT2D eigenvalue weighted by molar-refractivity contribution is 7.99. The smallest absolute Gasteiger partial charge is 0.273 e. The number of hydrogen-bond acceptors (Lipinski definition) is 4. The molecule has 0 aromatic heterocycles. The van der Waals surface area contributed by atoms with Crippen LogP contribution >= 0.6 is 11.8 Å². The van der Waals surface area contributed by atoms with Crippen LogP contribution in [-0.2, 0) is 5.41 Å². The van der Waals surface area contributed by atoms with E-state index in [2.05, 4.69) is 45.0 Å². The van der Waals surface area contributed by atoms with Crippen LogP contribution in [0.15, 0.2) is 42.5 Å². The van der Waals surface area contributed by atoms with Gasteiger partial charge >= 0.3 is 0 Å². The highest BCUT2D eigenvalue weighted by Crippen LogP contribution is 2.39. The molecule has 0 N–H and O–H groups in total. The summed E-state index contributed by atoms with van der Waals surface area (Å²) in [4.78, 5) is 25.6. The molecule has 0 bridgehead atoms. The maximum atomic E-state index is 13.0. The number of hydrogen-bond donors (Lipinski definition) is 0. The number of aryl methyl sites for hydroxylation is 1. The van der Waals surface area contributed by atoms with Crippen LogP contribution in [0.25, 0.3) is 0 Å². The molecule has 1 atom stereocenters. The van der Waals surface area contributed by atoms with E-state index in [1.807, 2.05) is 4.90 Å². The summed E-state index contributed by atoms with van der Waals surface area (Å²) < 4.78 is 0. The van der Waals surface area contributed by atoms with Crippen LogP contribution < -0.4 is 0 Å². The maximum absolute atomic E-state index is 13.0. The molecule has 1 amide bonds. The molecule has 1 aliphatic heterocycles. The lowest BCUT2D eigenvalue weighted by atomic mass is 9.86. The molecule has 0 radical (unpaired) electrons. The minimum atomic E-state index is -0.437. The Morgan fingerprint density at radius 3 is 2.44 bits per heavy atom. The zero-order chi connectivity index (χ0) is 19.8. The molecule has 6 heteroatoms. The van der Waals surface area contributed by atoms with Crippen LogP contribution in [0.4, 0.5) is 5.69 Å². The summed E-state index contributed by atoms with van der Waals surface area (Å²) in [6, 6.07) is 13.1. The molecule has 0 saturated carbocycles. The largest absolute Gasteiger partial charge is 0.322 e. The molecular formula is C21H24N2O3S. The monoisotopic (exact) mass is 384 g/mol. The molecule has 1 saturated heterocycles. The van der Waals surface area contributed by atoms with Crippen molar-refractivity contribution in [3.8, 4) is 0 Å². The molecule has 27 heavy (non-hydrogen) atoms. The fraction of sp³-hybridized carbons (Fsp3) is 0.381. The Balaban J connectivity index is 1.87. The first-order valence-electron chi connectivity index (χ1n) is 8.96. The molecule has 0 aliphatic carbocycles. The molecule has 2 aromatic carbocycles. The van der Waals surface area contributed by atoms with Gasteiger partial charge in [-0.2, -0.15) is 0 Å². The fourth-order valence-electron chi connectivity index (χ4n) is 3.21. The minimum Gasteiger partial charge on any atom is -0.322 e. The SMILES string of the molecule is Cc1ccc(C(=O)N2CCS[C@H]2c2ccc(C(C)(C)C)cc2)cc1[N+](=O)[O-]. The van der Waals surface area contributed by atoms with Gasteiger partial charge in [-0.3, -0.25) is 14.9 Å². The van der Waals surface area contributed by atoms with Crippen LogP contribution in [0.2, 0.25) is 0 Å². The number of thioether (sulfide) groups is 1. The molecule has 1 aliphatic rings. The van der Waals surface area contributed by atoms with Crippen LogP contribution in [0.3, 0.4) is 0 Å². The van der Waals surface area contributed by atoms with Crippen LogP contribution in [0, 0.1) is 17.0 Å². The van der Waals surface area contributed by atoms with Gasteiger partial charge in [0.2, 0.25) is 0 Å². The number of carbonyl (C=O) groups excluding carboxylic acids is 1. The molecule has 2 aromatic rings. The summed E-state index contributed by atoms with van der Waals surface area (Å²) in [5.41, 5.74) is 3.32. The molecule has 142 valence electrons. The molecule has 1 heterocycles. The number of nitrogens with zero attached hydrogens (tertiary/aromatic N) is 2. The van der Waals surface area contributed by atoms with Gasteiger partial charge < -0.3 is 4.90 Å². The van der Waals surface area contributed by atoms with Crippen molar-refractivity contribution >= 4 is 23.4 Å². The average Bonchev–Trinajstić information content (AvgIpc) is 3.10. The second kappa shape index (κ2) is 7.35. The second-order valence-corrected chi connectivity index (χ2v) is 9.04. The van der Waals surface area contributed by atoms with Crippen molar-refractivity contribution in [1.29, 1.82) is 0 Å². The van der Waals surface area contributed by atoms with Gasteiger partial charge in [-0.05, 0) is 29.5 Å². The lowest BCUT2D eigenvalue weighted by molar-refractivity contribution is -0.385. The number of rotatable bonds is 3. The van der Waals surface area contributed by atoms with Crippen LogP contribution in [-0.4, -0.2) is 28.0 Å². The Hall–Kier alpha value is -2.34. The molecule has 1 fully saturated rings. The van der Waals surface area contributed by atoms with Gasteiger partial charge in [-0.1, -0.05) is 51.1 Å². The van der Waals surface area contributed by atoms with E-state index in [0.29, 0.717) is 17.7 Å². The predicted octanol–water partition coefficient (Wildman–Crippen LogP) is 5.09. The van der Waals surface area contributed by atoms with Crippen molar-refractivity contribution in [1.82, 2.24) is 4.90 Å². The van der Waals surface area contributed by atoms with Crippen LogP contribution in [0.1, 0.15) is 53.2 Å². The number of benzene rings is 2. The Labute approximate surface area is 163 Å². The molecule has 5 nitrogen and oxygen atoms in total. The Morgan fingerprint density at radius 2 is 1.85 bits per heavy atom. The number of nitro benzene ring substituents is 1. The van der Waals surface area contributed by atoms with Crippen molar-refractivity contribution in [2.24, 2.45) is 0 Å². The normalized spacial score (nSPS) is 17.2. The first-order chi connectivity index (χ1) is 12.7. The highest BCUT2D eigenvalue weighted by Gasteiger charge is 2.32. The molecule has 0 unspecified atom stereocenters. The second-order valence-electron chi connectivity index (χ2n) is 7.85. The van der Waals surface area contributed by atoms with E-state index in [9.17, 15) is 14.9 Å². The lowest BCUT2D eigenvalue weighted by Crippen LogP contribution is -2.30. The zero-order valence-electron chi connectivity index (χ0n) is 16.1. The van der Waals surface area contributed by atoms with E-state index in [1.54, 1.807) is 30.8 Å². The summed E-state index contributed by atoms with van der Waals surface area (Å²) in [5.74, 6) is 0.693. The van der Waals surface area contributed by atoms with Crippen molar-refractivity contribution in [2.45, 2.75) is 38.5 Å². The van der Waals surface area contributed by atoms with E-state index in [4.69, 9.17) is 0 Å². The van der Waals surface area contributed by atoms with Crippen molar-refractivity contribution in [3.63, 3.8) is 0 Å². The van der Waals surface area contributed by atoms with Crippen molar-refractivity contribution < 1.29 is 9.72 Å². The standard InChI is InChI=1S/C21H24N2O3S/c1-14-5-6-16(13-18(14)23(25)26)19(24)22-11-12-27-20(22)15-7-9-17(10-8-15)21(2,3)4/h5-10,13,20H,11-12H2,1-4H3/t20-/m0/s1. The quantitative estimate of drug-likeness (QED) is 0.546. The number of carbonyl (C=O) groups is 1. The number of amides is 1. The van der Waals surface area contributed by atoms with Gasteiger partial charge in [0.25, 0.3) is 11.6 Å². The first-order valence-corrected chi connectivity index (χ1v) is 10.0. The third kappa shape index (κ3) is 4.00. The summed E-state index contributed by atoms with van der Waals surface area (Å²) in [6.45, 7) is 8.83. The topological polar surface area (TPSA) is 63.5 Å². The van der Waals surface area contributed by atoms with Gasteiger partial charge in [0.05, 0.1) is 4.92 Å². The van der Waals surface area contributed by atoms with Gasteiger partial charge in [0, 0.05) is 29.5 Å².